The molecule has 0 amide bonds. The SMILES string of the molecule is Nc1ccc2c(c1)CCOCCOC2=O. The molecule has 0 radical (unpaired) electrons. The highest BCUT2D eigenvalue weighted by Gasteiger charge is 2.14. The van der Waals surface area contributed by atoms with E-state index in [0.29, 0.717) is 37.5 Å². The fraction of sp³-hybridized carbons (Fsp3) is 0.364. The summed E-state index contributed by atoms with van der Waals surface area (Å²) in [6.45, 7) is 1.35. The molecule has 1 aromatic rings. The first-order chi connectivity index (χ1) is 7.27. The maximum absolute atomic E-state index is 11.6. The van der Waals surface area contributed by atoms with E-state index < -0.39 is 0 Å². The Hall–Kier alpha value is -1.55. The van der Waals surface area contributed by atoms with Crippen LogP contribution in [-0.2, 0) is 15.9 Å². The molecule has 0 unspecified atom stereocenters. The third kappa shape index (κ3) is 2.27. The number of carbonyl (C=O) groups excluding carboxylic acids is 1. The average molecular weight is 207 g/mol. The van der Waals surface area contributed by atoms with Crippen molar-refractivity contribution in [2.75, 3.05) is 25.6 Å². The van der Waals surface area contributed by atoms with E-state index in [9.17, 15) is 4.79 Å². The van der Waals surface area contributed by atoms with Gasteiger partial charge in [0, 0.05) is 5.69 Å². The first-order valence-corrected chi connectivity index (χ1v) is 4.90. The Morgan fingerprint density at radius 3 is 2.93 bits per heavy atom. The van der Waals surface area contributed by atoms with Gasteiger partial charge in [-0.25, -0.2) is 4.79 Å². The zero-order chi connectivity index (χ0) is 10.7. The highest BCUT2D eigenvalue weighted by molar-refractivity contribution is 5.91. The molecular formula is C11H13NO3. The number of hydrogen-bond donors (Lipinski definition) is 1. The van der Waals surface area contributed by atoms with Gasteiger partial charge >= 0.3 is 5.97 Å². The average Bonchev–Trinajstić information content (AvgIpc) is 2.30. The van der Waals surface area contributed by atoms with Gasteiger partial charge in [0.1, 0.15) is 6.61 Å². The lowest BCUT2D eigenvalue weighted by Crippen LogP contribution is -2.10. The van der Waals surface area contributed by atoms with Gasteiger partial charge in [0.25, 0.3) is 0 Å². The van der Waals surface area contributed by atoms with E-state index in [0.717, 1.165) is 5.56 Å². The lowest BCUT2D eigenvalue weighted by atomic mass is 10.0. The van der Waals surface area contributed by atoms with E-state index in [1.807, 2.05) is 0 Å². The number of rotatable bonds is 0. The predicted molar refractivity (Wildman–Crippen MR) is 55.7 cm³/mol. The van der Waals surface area contributed by atoms with Gasteiger partial charge in [0.2, 0.25) is 0 Å². The molecule has 0 atom stereocenters. The Bertz CT molecular complexity index is 376. The van der Waals surface area contributed by atoms with Crippen molar-refractivity contribution in [2.24, 2.45) is 0 Å². The molecule has 0 fully saturated rings. The van der Waals surface area contributed by atoms with Gasteiger partial charge in [0.15, 0.2) is 0 Å². The van der Waals surface area contributed by atoms with Crippen LogP contribution in [0.15, 0.2) is 18.2 Å². The van der Waals surface area contributed by atoms with E-state index in [1.165, 1.54) is 0 Å². The molecule has 2 rings (SSSR count). The number of fused-ring (bicyclic) bond motifs is 1. The Labute approximate surface area is 88.0 Å². The van der Waals surface area contributed by atoms with Crippen molar-refractivity contribution in [3.8, 4) is 0 Å². The summed E-state index contributed by atoms with van der Waals surface area (Å²) in [6.07, 6.45) is 0.690. The number of ether oxygens (including phenoxy) is 2. The van der Waals surface area contributed by atoms with Crippen molar-refractivity contribution in [1.29, 1.82) is 0 Å². The second-order valence-corrected chi connectivity index (χ2v) is 3.41. The van der Waals surface area contributed by atoms with Crippen LogP contribution in [0.5, 0.6) is 0 Å². The molecule has 0 bridgehead atoms. The Balaban J connectivity index is 2.35. The summed E-state index contributed by atoms with van der Waals surface area (Å²) < 4.78 is 10.3. The number of nitrogen functional groups attached to an aromatic ring is 1. The first-order valence-electron chi connectivity index (χ1n) is 4.90. The number of esters is 1. The third-order valence-electron chi connectivity index (χ3n) is 2.33. The Morgan fingerprint density at radius 2 is 2.07 bits per heavy atom. The normalized spacial score (nSPS) is 16.9. The third-order valence-corrected chi connectivity index (χ3v) is 2.33. The van der Waals surface area contributed by atoms with Crippen molar-refractivity contribution >= 4 is 11.7 Å². The Kier molecular flexibility index (Phi) is 2.87. The fourth-order valence-corrected chi connectivity index (χ4v) is 1.57. The molecule has 1 aliphatic heterocycles. The zero-order valence-corrected chi connectivity index (χ0v) is 8.36. The van der Waals surface area contributed by atoms with Crippen molar-refractivity contribution in [3.63, 3.8) is 0 Å². The van der Waals surface area contributed by atoms with Crippen LogP contribution in [0.25, 0.3) is 0 Å². The van der Waals surface area contributed by atoms with Crippen LogP contribution in [0.2, 0.25) is 0 Å². The van der Waals surface area contributed by atoms with Crippen LogP contribution < -0.4 is 5.73 Å². The smallest absolute Gasteiger partial charge is 0.338 e. The second kappa shape index (κ2) is 4.31. The van der Waals surface area contributed by atoms with Gasteiger partial charge in [-0.2, -0.15) is 0 Å². The quantitative estimate of drug-likeness (QED) is 0.509. The highest BCUT2D eigenvalue weighted by atomic mass is 16.6. The van der Waals surface area contributed by atoms with Crippen LogP contribution >= 0.6 is 0 Å². The molecule has 15 heavy (non-hydrogen) atoms. The number of anilines is 1. The van der Waals surface area contributed by atoms with E-state index in [2.05, 4.69) is 0 Å². The molecule has 0 aromatic heterocycles. The standard InChI is InChI=1S/C11H13NO3/c12-9-1-2-10-8(7-9)3-4-14-5-6-15-11(10)13/h1-2,7H,3-6,12H2. The van der Waals surface area contributed by atoms with Crippen molar-refractivity contribution < 1.29 is 14.3 Å². The minimum Gasteiger partial charge on any atom is -0.460 e. The molecule has 0 saturated heterocycles. The first kappa shape index (κ1) is 9.98. The van der Waals surface area contributed by atoms with E-state index in [-0.39, 0.29) is 5.97 Å². The maximum atomic E-state index is 11.6. The van der Waals surface area contributed by atoms with Crippen LogP contribution in [-0.4, -0.2) is 25.8 Å². The van der Waals surface area contributed by atoms with E-state index in [4.69, 9.17) is 15.2 Å². The summed E-state index contributed by atoms with van der Waals surface area (Å²) in [5, 5.41) is 0. The second-order valence-electron chi connectivity index (χ2n) is 3.41. The number of nitrogens with two attached hydrogens (primary N) is 1. The summed E-state index contributed by atoms with van der Waals surface area (Å²) in [7, 11) is 0. The number of cyclic esters (lactones) is 1. The molecule has 0 saturated carbocycles. The molecule has 1 aromatic carbocycles. The van der Waals surface area contributed by atoms with Crippen LogP contribution in [0.1, 0.15) is 15.9 Å². The van der Waals surface area contributed by atoms with Gasteiger partial charge in [-0.1, -0.05) is 0 Å². The van der Waals surface area contributed by atoms with Crippen LogP contribution in [0.4, 0.5) is 5.69 Å². The summed E-state index contributed by atoms with van der Waals surface area (Å²) in [5.74, 6) is -0.296. The van der Waals surface area contributed by atoms with Gasteiger partial charge in [0.05, 0.1) is 18.8 Å². The lowest BCUT2D eigenvalue weighted by Gasteiger charge is -2.07. The summed E-state index contributed by atoms with van der Waals surface area (Å²) >= 11 is 0. The van der Waals surface area contributed by atoms with E-state index in [1.54, 1.807) is 18.2 Å². The van der Waals surface area contributed by atoms with E-state index >= 15 is 0 Å². The maximum Gasteiger partial charge on any atom is 0.338 e. The summed E-state index contributed by atoms with van der Waals surface area (Å²) in [5.41, 5.74) is 7.80. The largest absolute Gasteiger partial charge is 0.460 e. The summed E-state index contributed by atoms with van der Waals surface area (Å²) in [6, 6.07) is 5.21. The molecule has 80 valence electrons. The van der Waals surface area contributed by atoms with Crippen molar-refractivity contribution in [1.82, 2.24) is 0 Å². The van der Waals surface area contributed by atoms with Gasteiger partial charge in [-0.15, -0.1) is 0 Å². The molecule has 0 aliphatic carbocycles. The lowest BCUT2D eigenvalue weighted by molar-refractivity contribution is 0.0344. The van der Waals surface area contributed by atoms with Crippen molar-refractivity contribution in [3.05, 3.63) is 29.3 Å². The number of hydrogen-bond acceptors (Lipinski definition) is 4. The minimum absolute atomic E-state index is 0.296. The van der Waals surface area contributed by atoms with Crippen LogP contribution in [0, 0.1) is 0 Å². The molecular weight excluding hydrogens is 194 g/mol. The zero-order valence-electron chi connectivity index (χ0n) is 8.36. The predicted octanol–water partition coefficient (Wildman–Crippen LogP) is 0.998. The topological polar surface area (TPSA) is 61.6 Å². The Morgan fingerprint density at radius 1 is 1.20 bits per heavy atom. The van der Waals surface area contributed by atoms with Crippen molar-refractivity contribution in [2.45, 2.75) is 6.42 Å². The van der Waals surface area contributed by atoms with Gasteiger partial charge in [-0.3, -0.25) is 0 Å². The van der Waals surface area contributed by atoms with Gasteiger partial charge < -0.3 is 15.2 Å². The minimum atomic E-state index is -0.296. The molecule has 1 heterocycles. The molecule has 2 N–H and O–H groups in total. The monoisotopic (exact) mass is 207 g/mol. The number of carbonyl (C=O) groups is 1. The van der Waals surface area contributed by atoms with Crippen LogP contribution in [0.3, 0.4) is 0 Å². The molecule has 4 nitrogen and oxygen atoms in total. The van der Waals surface area contributed by atoms with Gasteiger partial charge in [-0.05, 0) is 30.2 Å². The molecule has 0 spiro atoms. The molecule has 4 heteroatoms. The highest BCUT2D eigenvalue weighted by Crippen LogP contribution is 2.16. The summed E-state index contributed by atoms with van der Waals surface area (Å²) in [4.78, 5) is 11.6. The fourth-order valence-electron chi connectivity index (χ4n) is 1.57. The number of benzene rings is 1. The molecule has 1 aliphatic rings.